The summed E-state index contributed by atoms with van der Waals surface area (Å²) in [4.78, 5) is 0. The second-order valence-corrected chi connectivity index (χ2v) is 14.3. The van der Waals surface area contributed by atoms with Gasteiger partial charge in [-0.25, -0.2) is 0 Å². The SMILES string of the molecule is CC(C)C(C)(C)C.CC(C)C(C)(C)C.CC(C)C1CCCCC1.CC(C)C1CCCCC1. The summed E-state index contributed by atoms with van der Waals surface area (Å²) in [5.41, 5.74) is 1.00. The minimum atomic E-state index is 0.500. The number of rotatable bonds is 2. The third-order valence-corrected chi connectivity index (χ3v) is 8.65. The van der Waals surface area contributed by atoms with Crippen LogP contribution >= 0.6 is 0 Å². The minimum Gasteiger partial charge on any atom is -0.0625 e. The Balaban J connectivity index is 0. The Labute approximate surface area is 207 Å². The highest BCUT2D eigenvalue weighted by atomic mass is 14.2. The smallest absolute Gasteiger partial charge is 0.0360 e. The molecule has 0 aromatic rings. The third-order valence-electron chi connectivity index (χ3n) is 8.65. The molecule has 0 nitrogen and oxygen atoms in total. The highest BCUT2D eigenvalue weighted by Crippen LogP contribution is 2.30. The van der Waals surface area contributed by atoms with Gasteiger partial charge >= 0.3 is 0 Å². The molecule has 196 valence electrons. The van der Waals surface area contributed by atoms with Gasteiger partial charge in [0.15, 0.2) is 0 Å². The molecule has 0 unspecified atom stereocenters. The van der Waals surface area contributed by atoms with Crippen LogP contribution in [0.3, 0.4) is 0 Å². The van der Waals surface area contributed by atoms with E-state index in [2.05, 4.69) is 96.9 Å². The second-order valence-electron chi connectivity index (χ2n) is 14.3. The van der Waals surface area contributed by atoms with Crippen LogP contribution in [0.15, 0.2) is 0 Å². The predicted molar refractivity (Wildman–Crippen MR) is 151 cm³/mol. The van der Waals surface area contributed by atoms with Crippen molar-refractivity contribution in [2.75, 3.05) is 0 Å². The molecule has 2 rings (SSSR count). The van der Waals surface area contributed by atoms with Crippen molar-refractivity contribution in [3.8, 4) is 0 Å². The fourth-order valence-corrected chi connectivity index (χ4v) is 3.60. The van der Waals surface area contributed by atoms with Gasteiger partial charge in [0.05, 0.1) is 0 Å². The monoisotopic (exact) mass is 453 g/mol. The Morgan fingerprint density at radius 2 is 0.594 bits per heavy atom. The molecule has 0 heterocycles. The topological polar surface area (TPSA) is 0 Å². The van der Waals surface area contributed by atoms with E-state index in [1.165, 1.54) is 64.2 Å². The fourth-order valence-electron chi connectivity index (χ4n) is 3.60. The molecule has 2 fully saturated rings. The van der Waals surface area contributed by atoms with E-state index in [-0.39, 0.29) is 0 Å². The first-order valence-electron chi connectivity index (χ1n) is 14.5. The van der Waals surface area contributed by atoms with Gasteiger partial charge < -0.3 is 0 Å². The summed E-state index contributed by atoms with van der Waals surface area (Å²) in [6, 6.07) is 0. The lowest BCUT2D eigenvalue weighted by Gasteiger charge is -2.24. The van der Waals surface area contributed by atoms with E-state index in [0.29, 0.717) is 10.8 Å². The Morgan fingerprint density at radius 1 is 0.406 bits per heavy atom. The van der Waals surface area contributed by atoms with Crippen molar-refractivity contribution in [3.63, 3.8) is 0 Å². The molecule has 2 saturated carbocycles. The summed E-state index contributed by atoms with van der Waals surface area (Å²) >= 11 is 0. The predicted octanol–water partition coefficient (Wildman–Crippen LogP) is 11.8. The largest absolute Gasteiger partial charge is 0.0625 e. The minimum absolute atomic E-state index is 0.500. The van der Waals surface area contributed by atoms with E-state index in [9.17, 15) is 0 Å². The number of hydrogen-bond donors (Lipinski definition) is 0. The van der Waals surface area contributed by atoms with Gasteiger partial charge in [-0.1, -0.05) is 161 Å². The van der Waals surface area contributed by atoms with Gasteiger partial charge in [0.2, 0.25) is 0 Å². The maximum atomic E-state index is 2.36. The van der Waals surface area contributed by atoms with Gasteiger partial charge in [0.1, 0.15) is 0 Å². The van der Waals surface area contributed by atoms with Crippen LogP contribution in [-0.4, -0.2) is 0 Å². The highest BCUT2D eigenvalue weighted by molar-refractivity contribution is 4.69. The first-order chi connectivity index (χ1) is 14.5. The van der Waals surface area contributed by atoms with E-state index in [0.717, 1.165) is 35.5 Å². The normalized spacial score (nSPS) is 18.6. The third kappa shape index (κ3) is 19.5. The number of hydrogen-bond acceptors (Lipinski definition) is 0. The molecule has 0 spiro atoms. The Kier molecular flexibility index (Phi) is 18.6. The van der Waals surface area contributed by atoms with Gasteiger partial charge in [-0.3, -0.25) is 0 Å². The quantitative estimate of drug-likeness (QED) is 0.390. The van der Waals surface area contributed by atoms with Crippen molar-refractivity contribution < 1.29 is 0 Å². The lowest BCUT2D eigenvalue weighted by Crippen LogP contribution is -2.12. The summed E-state index contributed by atoms with van der Waals surface area (Å²) < 4.78 is 0. The fraction of sp³-hybridized carbons (Fsp3) is 1.00. The molecule has 0 heteroatoms. The maximum Gasteiger partial charge on any atom is -0.0360 e. The van der Waals surface area contributed by atoms with Gasteiger partial charge in [-0.05, 0) is 46.3 Å². The van der Waals surface area contributed by atoms with Crippen LogP contribution < -0.4 is 0 Å². The molecular weight excluding hydrogens is 384 g/mol. The van der Waals surface area contributed by atoms with E-state index in [4.69, 9.17) is 0 Å². The lowest BCUT2D eigenvalue weighted by molar-refractivity contribution is 0.279. The molecular formula is C32H68. The van der Waals surface area contributed by atoms with Crippen LogP contribution in [0.5, 0.6) is 0 Å². The van der Waals surface area contributed by atoms with E-state index in [1.807, 2.05) is 0 Å². The summed E-state index contributed by atoms with van der Waals surface area (Å²) in [7, 11) is 0. The molecule has 0 aromatic carbocycles. The van der Waals surface area contributed by atoms with Crippen molar-refractivity contribution in [3.05, 3.63) is 0 Å². The van der Waals surface area contributed by atoms with Crippen LogP contribution in [-0.2, 0) is 0 Å². The lowest BCUT2D eigenvalue weighted by atomic mass is 9.82. The van der Waals surface area contributed by atoms with Crippen molar-refractivity contribution in [2.24, 2.45) is 46.3 Å². The summed E-state index contributed by atoms with van der Waals surface area (Å²) in [5, 5.41) is 0. The van der Waals surface area contributed by atoms with Crippen LogP contribution in [0.4, 0.5) is 0 Å². The van der Waals surface area contributed by atoms with Crippen molar-refractivity contribution in [2.45, 2.75) is 161 Å². The Bertz CT molecular complexity index is 347. The van der Waals surface area contributed by atoms with E-state index < -0.39 is 0 Å². The first kappa shape index (κ1) is 34.2. The molecule has 0 atom stereocenters. The van der Waals surface area contributed by atoms with Crippen molar-refractivity contribution in [1.29, 1.82) is 0 Å². The second kappa shape index (κ2) is 17.4. The molecule has 0 bridgehead atoms. The molecule has 0 aromatic heterocycles. The molecule has 0 amide bonds. The van der Waals surface area contributed by atoms with Crippen molar-refractivity contribution >= 4 is 0 Å². The van der Waals surface area contributed by atoms with Crippen LogP contribution in [0.1, 0.15) is 161 Å². The van der Waals surface area contributed by atoms with E-state index >= 15 is 0 Å². The molecule has 0 radical (unpaired) electrons. The zero-order chi connectivity index (χ0) is 25.5. The van der Waals surface area contributed by atoms with Gasteiger partial charge in [-0.2, -0.15) is 0 Å². The molecule has 0 N–H and O–H groups in total. The summed E-state index contributed by atoms with van der Waals surface area (Å²) in [5.74, 6) is 5.58. The van der Waals surface area contributed by atoms with Crippen LogP contribution in [0.2, 0.25) is 0 Å². The van der Waals surface area contributed by atoms with Crippen molar-refractivity contribution in [1.82, 2.24) is 0 Å². The van der Waals surface area contributed by atoms with Gasteiger partial charge in [0, 0.05) is 0 Å². The maximum absolute atomic E-state index is 2.36. The van der Waals surface area contributed by atoms with Gasteiger partial charge in [-0.15, -0.1) is 0 Å². The molecule has 32 heavy (non-hydrogen) atoms. The highest BCUT2D eigenvalue weighted by Gasteiger charge is 2.17. The Morgan fingerprint density at radius 3 is 0.688 bits per heavy atom. The zero-order valence-corrected chi connectivity index (χ0v) is 25.5. The Hall–Kier alpha value is 0. The summed E-state index contributed by atoms with van der Waals surface area (Å²) in [6.45, 7) is 32.0. The first-order valence-corrected chi connectivity index (χ1v) is 14.5. The van der Waals surface area contributed by atoms with Gasteiger partial charge in [0.25, 0.3) is 0 Å². The summed E-state index contributed by atoms with van der Waals surface area (Å²) in [6.07, 6.45) is 14.9. The standard InChI is InChI=1S/2C9H18.2C7H16/c2*1-8(2)9-6-4-3-5-7-9;2*1-6(2)7(3,4)5/h2*8-9H,3-7H2,1-2H3;2*6H,1-5H3. The molecule has 0 saturated heterocycles. The molecule has 2 aliphatic carbocycles. The zero-order valence-electron chi connectivity index (χ0n) is 25.5. The average molecular weight is 453 g/mol. The molecule has 2 aliphatic rings. The van der Waals surface area contributed by atoms with E-state index in [1.54, 1.807) is 0 Å². The van der Waals surface area contributed by atoms with Crippen LogP contribution in [0.25, 0.3) is 0 Å². The average Bonchev–Trinajstić information content (AvgIpc) is 2.69. The van der Waals surface area contributed by atoms with Crippen LogP contribution in [0, 0.1) is 46.3 Å². The molecule has 0 aliphatic heterocycles.